The summed E-state index contributed by atoms with van der Waals surface area (Å²) in [6.45, 7) is 8.04. The molecule has 0 atom stereocenters. The van der Waals surface area contributed by atoms with Crippen LogP contribution in [0.1, 0.15) is 67.1 Å². The van der Waals surface area contributed by atoms with Crippen LogP contribution >= 0.6 is 0 Å². The first-order valence-corrected chi connectivity index (χ1v) is 13.7. The second-order valence-corrected chi connectivity index (χ2v) is 10.9. The highest BCUT2D eigenvalue weighted by Crippen LogP contribution is 2.40. The molecule has 1 aromatic carbocycles. The minimum absolute atomic E-state index is 0.0964. The number of nitrogens with one attached hydrogen (secondary N) is 1. The standard InChI is InChI=1S/C30H33F2N7O/c1-5-40-25-7-6-20(12-18(25)2)26-19(3)36-28(37-26)30(4)8-10-38(11-9-30)27-23-13-21(14-24(23)33-17-34-27)22-15-35-39(16-22)29(31)32/h6-7,12-13,15-17,29H,5,8-11,14H2,1-4H3,(H,36,37). The van der Waals surface area contributed by atoms with E-state index in [2.05, 4.69) is 57.9 Å². The zero-order chi connectivity index (χ0) is 28.0. The Hall–Kier alpha value is -4.08. The molecular weight excluding hydrogens is 512 g/mol. The van der Waals surface area contributed by atoms with Gasteiger partial charge in [-0.2, -0.15) is 13.9 Å². The number of rotatable bonds is 7. The number of aromatic amines is 1. The monoisotopic (exact) mass is 545 g/mol. The van der Waals surface area contributed by atoms with Crippen molar-refractivity contribution in [3.63, 3.8) is 0 Å². The number of alkyl halides is 2. The lowest BCUT2D eigenvalue weighted by atomic mass is 9.79. The predicted molar refractivity (Wildman–Crippen MR) is 151 cm³/mol. The lowest BCUT2D eigenvalue weighted by Gasteiger charge is -2.39. The third kappa shape index (κ3) is 4.65. The van der Waals surface area contributed by atoms with E-state index in [1.807, 2.05) is 19.1 Å². The number of imidazole rings is 1. The summed E-state index contributed by atoms with van der Waals surface area (Å²) in [5.41, 5.74) is 7.61. The number of halogens is 2. The molecule has 2 aliphatic rings. The molecule has 0 radical (unpaired) electrons. The molecule has 6 rings (SSSR count). The van der Waals surface area contributed by atoms with Gasteiger partial charge in [-0.3, -0.25) is 0 Å². The van der Waals surface area contributed by atoms with E-state index in [1.165, 1.54) is 12.4 Å². The predicted octanol–water partition coefficient (Wildman–Crippen LogP) is 6.13. The Morgan fingerprint density at radius 1 is 1.12 bits per heavy atom. The van der Waals surface area contributed by atoms with Crippen LogP contribution in [0, 0.1) is 13.8 Å². The zero-order valence-electron chi connectivity index (χ0n) is 23.2. The van der Waals surface area contributed by atoms with Gasteiger partial charge in [-0.25, -0.2) is 19.6 Å². The minimum Gasteiger partial charge on any atom is -0.494 e. The Morgan fingerprint density at radius 3 is 2.62 bits per heavy atom. The Morgan fingerprint density at radius 2 is 1.93 bits per heavy atom. The van der Waals surface area contributed by atoms with E-state index in [9.17, 15) is 8.78 Å². The quantitative estimate of drug-likeness (QED) is 0.301. The molecule has 0 spiro atoms. The van der Waals surface area contributed by atoms with Gasteiger partial charge in [0, 0.05) is 53.5 Å². The second-order valence-electron chi connectivity index (χ2n) is 10.9. The van der Waals surface area contributed by atoms with Crippen molar-refractivity contribution < 1.29 is 13.5 Å². The minimum atomic E-state index is -2.66. The van der Waals surface area contributed by atoms with Gasteiger partial charge in [0.2, 0.25) is 0 Å². The zero-order valence-corrected chi connectivity index (χ0v) is 23.2. The molecule has 1 N–H and O–H groups in total. The van der Waals surface area contributed by atoms with Crippen molar-refractivity contribution >= 4 is 17.5 Å². The number of fused-ring (bicyclic) bond motifs is 1. The number of aryl methyl sites for hydroxylation is 2. The van der Waals surface area contributed by atoms with Gasteiger partial charge in [-0.15, -0.1) is 0 Å². The molecule has 0 amide bonds. The summed E-state index contributed by atoms with van der Waals surface area (Å²) in [5.74, 6) is 2.81. The molecule has 3 aromatic heterocycles. The van der Waals surface area contributed by atoms with Gasteiger partial charge in [-0.1, -0.05) is 6.92 Å². The number of nitrogens with zero attached hydrogens (tertiary/aromatic N) is 6. The molecular formula is C30H33F2N7O. The number of anilines is 1. The molecule has 1 aliphatic carbocycles. The molecule has 1 fully saturated rings. The Bertz CT molecular complexity index is 1580. The average Bonchev–Trinajstić information content (AvgIpc) is 3.68. The largest absolute Gasteiger partial charge is 0.494 e. The van der Waals surface area contributed by atoms with E-state index < -0.39 is 6.55 Å². The van der Waals surface area contributed by atoms with Crippen LogP contribution in [0.2, 0.25) is 0 Å². The van der Waals surface area contributed by atoms with E-state index in [0.717, 1.165) is 82.7 Å². The van der Waals surface area contributed by atoms with E-state index in [4.69, 9.17) is 9.72 Å². The van der Waals surface area contributed by atoms with Crippen molar-refractivity contribution in [2.24, 2.45) is 0 Å². The van der Waals surface area contributed by atoms with Crippen molar-refractivity contribution in [1.82, 2.24) is 29.7 Å². The molecule has 4 aromatic rings. The Labute approximate surface area is 232 Å². The number of hydrogen-bond acceptors (Lipinski definition) is 6. The summed E-state index contributed by atoms with van der Waals surface area (Å²) < 4.78 is 32.4. The summed E-state index contributed by atoms with van der Waals surface area (Å²) in [6, 6.07) is 6.23. The number of benzene rings is 1. The van der Waals surface area contributed by atoms with Crippen LogP contribution in [0.25, 0.3) is 22.9 Å². The summed E-state index contributed by atoms with van der Waals surface area (Å²) >= 11 is 0. The van der Waals surface area contributed by atoms with E-state index in [-0.39, 0.29) is 5.41 Å². The van der Waals surface area contributed by atoms with Crippen molar-refractivity contribution in [1.29, 1.82) is 0 Å². The number of piperidine rings is 1. The van der Waals surface area contributed by atoms with Crippen LogP contribution in [0.4, 0.5) is 14.6 Å². The number of aromatic nitrogens is 6. The molecule has 4 heterocycles. The number of H-pyrrole nitrogens is 1. The normalized spacial score (nSPS) is 16.4. The first-order chi connectivity index (χ1) is 19.3. The highest BCUT2D eigenvalue weighted by Gasteiger charge is 2.36. The van der Waals surface area contributed by atoms with Crippen LogP contribution in [0.5, 0.6) is 5.75 Å². The lowest BCUT2D eigenvalue weighted by molar-refractivity contribution is 0.0566. The molecule has 0 bridgehead atoms. The van der Waals surface area contributed by atoms with Crippen molar-refractivity contribution in [3.8, 4) is 17.0 Å². The fraction of sp³-hybridized carbons (Fsp3) is 0.400. The van der Waals surface area contributed by atoms with Crippen molar-refractivity contribution in [3.05, 3.63) is 70.8 Å². The second kappa shape index (κ2) is 10.1. The average molecular weight is 546 g/mol. The molecule has 10 heteroatoms. The van der Waals surface area contributed by atoms with E-state index >= 15 is 0 Å². The fourth-order valence-electron chi connectivity index (χ4n) is 5.75. The first-order valence-electron chi connectivity index (χ1n) is 13.7. The molecule has 1 saturated heterocycles. The van der Waals surface area contributed by atoms with Gasteiger partial charge < -0.3 is 14.6 Å². The third-order valence-electron chi connectivity index (χ3n) is 8.17. The molecule has 208 valence electrons. The lowest BCUT2D eigenvalue weighted by Crippen LogP contribution is -2.42. The maximum atomic E-state index is 13.0. The van der Waals surface area contributed by atoms with Gasteiger partial charge in [-0.05, 0) is 69.0 Å². The maximum Gasteiger partial charge on any atom is 0.333 e. The van der Waals surface area contributed by atoms with Crippen LogP contribution < -0.4 is 9.64 Å². The summed E-state index contributed by atoms with van der Waals surface area (Å²) in [4.78, 5) is 20.1. The van der Waals surface area contributed by atoms with Gasteiger partial charge in [0.25, 0.3) is 0 Å². The molecule has 40 heavy (non-hydrogen) atoms. The SMILES string of the molecule is CCOc1ccc(-c2nc(C3(C)CCN(c4ncnc5c4C=C(c4cnn(C(F)F)c4)C5)CC3)[nH]c2C)cc1C. The van der Waals surface area contributed by atoms with Gasteiger partial charge in [0.15, 0.2) is 0 Å². The number of allylic oxidation sites excluding steroid dienone is 1. The highest BCUT2D eigenvalue weighted by atomic mass is 19.3. The van der Waals surface area contributed by atoms with Gasteiger partial charge in [0.05, 0.1) is 24.2 Å². The van der Waals surface area contributed by atoms with Crippen molar-refractivity contribution in [2.75, 3.05) is 24.6 Å². The molecule has 0 saturated carbocycles. The van der Waals surface area contributed by atoms with E-state index in [1.54, 1.807) is 6.33 Å². The fourth-order valence-corrected chi connectivity index (χ4v) is 5.75. The van der Waals surface area contributed by atoms with Crippen LogP contribution in [0.15, 0.2) is 36.9 Å². The summed E-state index contributed by atoms with van der Waals surface area (Å²) in [7, 11) is 0. The van der Waals surface area contributed by atoms with Crippen molar-refractivity contribution in [2.45, 2.75) is 58.9 Å². The first kappa shape index (κ1) is 26.2. The number of ether oxygens (including phenoxy) is 1. The summed E-state index contributed by atoms with van der Waals surface area (Å²) in [6.07, 6.45) is 8.89. The topological polar surface area (TPSA) is 84.8 Å². The number of hydrogen-bond donors (Lipinski definition) is 1. The van der Waals surface area contributed by atoms with Crippen LogP contribution in [0.3, 0.4) is 0 Å². The Balaban J connectivity index is 1.20. The third-order valence-corrected chi connectivity index (χ3v) is 8.17. The Kier molecular flexibility index (Phi) is 6.64. The van der Waals surface area contributed by atoms with E-state index in [0.29, 0.717) is 23.3 Å². The van der Waals surface area contributed by atoms with Crippen LogP contribution in [-0.2, 0) is 11.8 Å². The highest BCUT2D eigenvalue weighted by molar-refractivity contribution is 5.90. The van der Waals surface area contributed by atoms with Crippen LogP contribution in [-0.4, -0.2) is 49.4 Å². The van der Waals surface area contributed by atoms with Gasteiger partial charge in [0.1, 0.15) is 23.7 Å². The molecule has 0 unspecified atom stereocenters. The molecule has 8 nitrogen and oxygen atoms in total. The molecule has 1 aliphatic heterocycles. The maximum absolute atomic E-state index is 13.0. The summed E-state index contributed by atoms with van der Waals surface area (Å²) in [5, 5.41) is 3.79. The smallest absolute Gasteiger partial charge is 0.333 e. The van der Waals surface area contributed by atoms with Gasteiger partial charge >= 0.3 is 6.55 Å².